The molecule has 1 heterocycles. The lowest BCUT2D eigenvalue weighted by atomic mass is 10.2. The third-order valence-electron chi connectivity index (χ3n) is 3.68. The van der Waals surface area contributed by atoms with Crippen LogP contribution in [0.15, 0.2) is 24.3 Å². The maximum atomic E-state index is 12.1. The Labute approximate surface area is 126 Å². The van der Waals surface area contributed by atoms with E-state index in [0.717, 1.165) is 11.4 Å². The van der Waals surface area contributed by atoms with Crippen molar-refractivity contribution < 1.29 is 13.2 Å². The molecule has 0 saturated carbocycles. The monoisotopic (exact) mass is 313 g/mol. The second kappa shape index (κ2) is 7.11. The number of rotatable bonds is 6. The summed E-state index contributed by atoms with van der Waals surface area (Å²) in [6.45, 7) is 2.87. The summed E-state index contributed by atoms with van der Waals surface area (Å²) in [7, 11) is -1.52. The van der Waals surface area contributed by atoms with Gasteiger partial charge >= 0.3 is 0 Å². The van der Waals surface area contributed by atoms with Gasteiger partial charge in [-0.3, -0.25) is 0 Å². The van der Waals surface area contributed by atoms with E-state index >= 15 is 0 Å². The highest BCUT2D eigenvalue weighted by atomic mass is 32.2. The van der Waals surface area contributed by atoms with Crippen LogP contribution in [0.25, 0.3) is 0 Å². The second-order valence-electron chi connectivity index (χ2n) is 5.04. The van der Waals surface area contributed by atoms with Crippen LogP contribution in [-0.4, -0.2) is 58.3 Å². The molecule has 0 radical (unpaired) electrons. The van der Waals surface area contributed by atoms with Gasteiger partial charge in [0.1, 0.15) is 5.75 Å². The van der Waals surface area contributed by atoms with Crippen LogP contribution in [0.1, 0.15) is 6.42 Å². The van der Waals surface area contributed by atoms with E-state index in [1.807, 2.05) is 24.3 Å². The Morgan fingerprint density at radius 1 is 1.14 bits per heavy atom. The normalized spacial score (nSPS) is 17.0. The standard InChI is InChI=1S/C14H23N3O3S/c1-20-14-5-3-13(4-6-14)16-8-10-17(11-9-16)21(18,19)12-2-7-15/h3-6H,2,7-12,15H2,1H3. The van der Waals surface area contributed by atoms with Crippen molar-refractivity contribution in [1.29, 1.82) is 0 Å². The van der Waals surface area contributed by atoms with E-state index in [-0.39, 0.29) is 5.75 Å². The molecule has 2 N–H and O–H groups in total. The van der Waals surface area contributed by atoms with E-state index in [9.17, 15) is 8.42 Å². The summed E-state index contributed by atoms with van der Waals surface area (Å²) >= 11 is 0. The quantitative estimate of drug-likeness (QED) is 0.827. The average molecular weight is 313 g/mol. The van der Waals surface area contributed by atoms with E-state index in [1.165, 1.54) is 0 Å². The van der Waals surface area contributed by atoms with Crippen LogP contribution in [0.5, 0.6) is 5.75 Å². The van der Waals surface area contributed by atoms with E-state index in [2.05, 4.69) is 4.90 Å². The Morgan fingerprint density at radius 2 is 1.76 bits per heavy atom. The first-order chi connectivity index (χ1) is 10.1. The molecule has 0 aromatic heterocycles. The third kappa shape index (κ3) is 4.09. The van der Waals surface area contributed by atoms with Crippen molar-refractivity contribution in [3.63, 3.8) is 0 Å². The number of nitrogens with zero attached hydrogens (tertiary/aromatic N) is 2. The molecule has 1 fully saturated rings. The first kappa shape index (κ1) is 16.1. The Kier molecular flexibility index (Phi) is 5.44. The highest BCUT2D eigenvalue weighted by Crippen LogP contribution is 2.21. The molecule has 0 atom stereocenters. The molecule has 0 spiro atoms. The van der Waals surface area contributed by atoms with Gasteiger partial charge in [0.25, 0.3) is 0 Å². The Bertz CT molecular complexity index is 537. The zero-order chi connectivity index (χ0) is 15.3. The lowest BCUT2D eigenvalue weighted by molar-refractivity contribution is 0.384. The summed E-state index contributed by atoms with van der Waals surface area (Å²) in [4.78, 5) is 2.19. The highest BCUT2D eigenvalue weighted by molar-refractivity contribution is 7.89. The van der Waals surface area contributed by atoms with Gasteiger partial charge in [0.05, 0.1) is 12.9 Å². The van der Waals surface area contributed by atoms with Crippen LogP contribution in [0.4, 0.5) is 5.69 Å². The van der Waals surface area contributed by atoms with Crippen LogP contribution < -0.4 is 15.4 Å². The molecule has 0 amide bonds. The summed E-state index contributed by atoms with van der Waals surface area (Å²) in [5.41, 5.74) is 6.48. The van der Waals surface area contributed by atoms with Gasteiger partial charge in [0.2, 0.25) is 10.0 Å². The summed E-state index contributed by atoms with van der Waals surface area (Å²) in [5.74, 6) is 0.966. The van der Waals surface area contributed by atoms with Gasteiger partial charge in [-0.05, 0) is 37.2 Å². The number of hydrogen-bond donors (Lipinski definition) is 1. The molecule has 1 aromatic carbocycles. The predicted molar refractivity (Wildman–Crippen MR) is 84.2 cm³/mol. The molecule has 1 aromatic rings. The average Bonchev–Trinajstić information content (AvgIpc) is 2.53. The number of hydrogen-bond acceptors (Lipinski definition) is 5. The van der Waals surface area contributed by atoms with Gasteiger partial charge in [-0.25, -0.2) is 8.42 Å². The van der Waals surface area contributed by atoms with Gasteiger partial charge in [0, 0.05) is 31.9 Å². The van der Waals surface area contributed by atoms with Gasteiger partial charge in [0.15, 0.2) is 0 Å². The molecule has 1 aliphatic rings. The van der Waals surface area contributed by atoms with Gasteiger partial charge in [-0.2, -0.15) is 4.31 Å². The summed E-state index contributed by atoms with van der Waals surface area (Å²) < 4.78 is 30.9. The molecular formula is C14H23N3O3S. The molecule has 0 unspecified atom stereocenters. The van der Waals surface area contributed by atoms with E-state index in [0.29, 0.717) is 39.1 Å². The molecule has 6 nitrogen and oxygen atoms in total. The second-order valence-corrected chi connectivity index (χ2v) is 7.13. The minimum Gasteiger partial charge on any atom is -0.497 e. The van der Waals surface area contributed by atoms with Gasteiger partial charge in [-0.15, -0.1) is 0 Å². The largest absolute Gasteiger partial charge is 0.497 e. The van der Waals surface area contributed by atoms with Gasteiger partial charge < -0.3 is 15.4 Å². The number of benzene rings is 1. The molecule has 2 rings (SSSR count). The van der Waals surface area contributed by atoms with Crippen molar-refractivity contribution in [3.8, 4) is 5.75 Å². The fourth-order valence-corrected chi connectivity index (χ4v) is 3.92. The van der Waals surface area contributed by atoms with Crippen LogP contribution >= 0.6 is 0 Å². The third-order valence-corrected chi connectivity index (χ3v) is 5.63. The number of sulfonamides is 1. The zero-order valence-electron chi connectivity index (χ0n) is 12.4. The van der Waals surface area contributed by atoms with Crippen LogP contribution in [-0.2, 0) is 10.0 Å². The number of nitrogens with two attached hydrogens (primary N) is 1. The summed E-state index contributed by atoms with van der Waals surface area (Å²) in [6.07, 6.45) is 0.515. The SMILES string of the molecule is COc1ccc(N2CCN(S(=O)(=O)CCCN)CC2)cc1. The number of anilines is 1. The molecule has 118 valence electrons. The molecule has 7 heteroatoms. The first-order valence-electron chi connectivity index (χ1n) is 7.14. The van der Waals surface area contributed by atoms with Crippen molar-refractivity contribution in [2.75, 3.05) is 50.5 Å². The number of methoxy groups -OCH3 is 1. The first-order valence-corrected chi connectivity index (χ1v) is 8.74. The van der Waals surface area contributed by atoms with Gasteiger partial charge in [-0.1, -0.05) is 0 Å². The molecule has 21 heavy (non-hydrogen) atoms. The topological polar surface area (TPSA) is 75.9 Å². The fourth-order valence-electron chi connectivity index (χ4n) is 2.41. The molecular weight excluding hydrogens is 290 g/mol. The Morgan fingerprint density at radius 3 is 2.29 bits per heavy atom. The lowest BCUT2D eigenvalue weighted by Gasteiger charge is -2.35. The number of ether oxygens (including phenoxy) is 1. The maximum absolute atomic E-state index is 12.1. The van der Waals surface area contributed by atoms with E-state index in [4.69, 9.17) is 10.5 Å². The maximum Gasteiger partial charge on any atom is 0.214 e. The Balaban J connectivity index is 1.93. The van der Waals surface area contributed by atoms with Crippen LogP contribution in [0, 0.1) is 0 Å². The molecule has 1 aliphatic heterocycles. The van der Waals surface area contributed by atoms with Crippen molar-refractivity contribution in [2.24, 2.45) is 5.73 Å². The van der Waals surface area contributed by atoms with Crippen LogP contribution in [0.2, 0.25) is 0 Å². The molecule has 0 aliphatic carbocycles. The number of piperazine rings is 1. The Hall–Kier alpha value is -1.31. The van der Waals surface area contributed by atoms with E-state index in [1.54, 1.807) is 11.4 Å². The lowest BCUT2D eigenvalue weighted by Crippen LogP contribution is -2.49. The minimum absolute atomic E-state index is 0.145. The minimum atomic E-state index is -3.16. The fraction of sp³-hybridized carbons (Fsp3) is 0.571. The smallest absolute Gasteiger partial charge is 0.214 e. The van der Waals surface area contributed by atoms with Crippen molar-refractivity contribution in [1.82, 2.24) is 4.31 Å². The summed E-state index contributed by atoms with van der Waals surface area (Å²) in [6, 6.07) is 7.83. The van der Waals surface area contributed by atoms with Crippen molar-refractivity contribution in [2.45, 2.75) is 6.42 Å². The molecule has 1 saturated heterocycles. The summed E-state index contributed by atoms with van der Waals surface area (Å²) in [5, 5.41) is 0. The van der Waals surface area contributed by atoms with Crippen molar-refractivity contribution in [3.05, 3.63) is 24.3 Å². The molecule has 0 bridgehead atoms. The highest BCUT2D eigenvalue weighted by Gasteiger charge is 2.26. The predicted octanol–water partition coefficient (Wildman–Crippen LogP) is 0.496. The zero-order valence-corrected chi connectivity index (χ0v) is 13.2. The van der Waals surface area contributed by atoms with Crippen molar-refractivity contribution >= 4 is 15.7 Å². The van der Waals surface area contributed by atoms with E-state index < -0.39 is 10.0 Å². The van der Waals surface area contributed by atoms with Crippen LogP contribution in [0.3, 0.4) is 0 Å².